The van der Waals surface area contributed by atoms with E-state index in [9.17, 15) is 9.18 Å². The zero-order valence-corrected chi connectivity index (χ0v) is 15.5. The number of fused-ring (bicyclic) bond motifs is 1. The van der Waals surface area contributed by atoms with Crippen LogP contribution in [0.2, 0.25) is 0 Å². The number of hydrogen-bond acceptors (Lipinski definition) is 3. The molecule has 1 aliphatic heterocycles. The minimum Gasteiger partial charge on any atom is -0.369 e. The second kappa shape index (κ2) is 6.93. The molecule has 6 heteroatoms. The number of likely N-dealkylation sites (tertiary alicyclic amines) is 1. The van der Waals surface area contributed by atoms with Crippen molar-refractivity contribution in [1.82, 2.24) is 14.7 Å². The monoisotopic (exact) mass is 369 g/mol. The van der Waals surface area contributed by atoms with E-state index >= 15 is 0 Å². The predicted octanol–water partition coefficient (Wildman–Crippen LogP) is 3.17. The van der Waals surface area contributed by atoms with Crippen LogP contribution in [-0.4, -0.2) is 39.8 Å². The molecule has 2 aromatic rings. The van der Waals surface area contributed by atoms with Crippen LogP contribution in [-0.2, 0) is 28.2 Å². The molecular formula is C21H24FN3O2. The SMILES string of the molecule is C=CC(=O)N1C[C@@H](n2cccn2)[C@H](OCc2ccc3c(c2)C(C)(F)CC3)C1. The number of alkyl halides is 1. The highest BCUT2D eigenvalue weighted by Gasteiger charge is 2.37. The Bertz CT molecular complexity index is 847. The van der Waals surface area contributed by atoms with E-state index in [0.29, 0.717) is 26.1 Å². The number of carbonyl (C=O) groups is 1. The first kappa shape index (κ1) is 17.9. The average Bonchev–Trinajstić information content (AvgIpc) is 3.38. The van der Waals surface area contributed by atoms with Crippen LogP contribution >= 0.6 is 0 Å². The van der Waals surface area contributed by atoms with E-state index in [-0.39, 0.29) is 18.1 Å². The third kappa shape index (κ3) is 3.41. The minimum absolute atomic E-state index is 0.0511. The molecule has 1 fully saturated rings. The van der Waals surface area contributed by atoms with E-state index in [4.69, 9.17) is 4.74 Å². The molecule has 27 heavy (non-hydrogen) atoms. The molecule has 1 saturated heterocycles. The Hall–Kier alpha value is -2.47. The lowest BCUT2D eigenvalue weighted by molar-refractivity contribution is -0.125. The fourth-order valence-corrected chi connectivity index (χ4v) is 4.08. The molecule has 3 atom stereocenters. The van der Waals surface area contributed by atoms with Gasteiger partial charge in [0.2, 0.25) is 5.91 Å². The first-order valence-electron chi connectivity index (χ1n) is 9.31. The highest BCUT2D eigenvalue weighted by Crippen LogP contribution is 2.40. The first-order chi connectivity index (χ1) is 13.0. The van der Waals surface area contributed by atoms with Crippen molar-refractivity contribution >= 4 is 5.91 Å². The van der Waals surface area contributed by atoms with Crippen LogP contribution in [0.4, 0.5) is 4.39 Å². The second-order valence-electron chi connectivity index (χ2n) is 7.54. The number of aryl methyl sites for hydroxylation is 1. The molecule has 4 rings (SSSR count). The summed E-state index contributed by atoms with van der Waals surface area (Å²) in [6, 6.07) is 7.74. The summed E-state index contributed by atoms with van der Waals surface area (Å²) in [5.41, 5.74) is 1.56. The molecule has 2 heterocycles. The van der Waals surface area contributed by atoms with Crippen molar-refractivity contribution < 1.29 is 13.9 Å². The molecule has 0 N–H and O–H groups in total. The number of aromatic nitrogens is 2. The van der Waals surface area contributed by atoms with Gasteiger partial charge in [-0.1, -0.05) is 24.8 Å². The summed E-state index contributed by atoms with van der Waals surface area (Å²) in [5.74, 6) is -0.107. The normalized spacial score (nSPS) is 27.0. The predicted molar refractivity (Wildman–Crippen MR) is 99.8 cm³/mol. The van der Waals surface area contributed by atoms with Gasteiger partial charge in [-0.3, -0.25) is 9.48 Å². The number of amides is 1. The van der Waals surface area contributed by atoms with Gasteiger partial charge in [0.25, 0.3) is 0 Å². The average molecular weight is 369 g/mol. The van der Waals surface area contributed by atoms with E-state index in [1.54, 1.807) is 18.0 Å². The van der Waals surface area contributed by atoms with E-state index in [0.717, 1.165) is 23.1 Å². The van der Waals surface area contributed by atoms with Gasteiger partial charge in [0, 0.05) is 25.5 Å². The van der Waals surface area contributed by atoms with Crippen molar-refractivity contribution in [3.63, 3.8) is 0 Å². The molecule has 1 unspecified atom stereocenters. The number of rotatable bonds is 5. The lowest BCUT2D eigenvalue weighted by Gasteiger charge is -2.20. The molecule has 0 saturated carbocycles. The maximum absolute atomic E-state index is 14.6. The summed E-state index contributed by atoms with van der Waals surface area (Å²) in [5, 5.41) is 4.31. The second-order valence-corrected chi connectivity index (χ2v) is 7.54. The lowest BCUT2D eigenvalue weighted by atomic mass is 9.98. The number of nitrogens with zero attached hydrogens (tertiary/aromatic N) is 3. The topological polar surface area (TPSA) is 47.4 Å². The van der Waals surface area contributed by atoms with Gasteiger partial charge in [0.1, 0.15) is 5.67 Å². The fraction of sp³-hybridized carbons (Fsp3) is 0.429. The Morgan fingerprint density at radius 2 is 2.33 bits per heavy atom. The van der Waals surface area contributed by atoms with Crippen molar-refractivity contribution in [3.05, 3.63) is 66.0 Å². The van der Waals surface area contributed by atoms with Crippen LogP contribution < -0.4 is 0 Å². The van der Waals surface area contributed by atoms with Gasteiger partial charge in [-0.2, -0.15) is 5.10 Å². The molecule has 1 amide bonds. The Balaban J connectivity index is 1.49. The molecule has 142 valence electrons. The number of carbonyl (C=O) groups excluding carboxylic acids is 1. The summed E-state index contributed by atoms with van der Waals surface area (Å²) in [4.78, 5) is 13.8. The molecule has 2 aliphatic rings. The van der Waals surface area contributed by atoms with Crippen LogP contribution in [0, 0.1) is 0 Å². The highest BCUT2D eigenvalue weighted by atomic mass is 19.1. The maximum Gasteiger partial charge on any atom is 0.246 e. The molecule has 0 radical (unpaired) electrons. The van der Waals surface area contributed by atoms with Gasteiger partial charge >= 0.3 is 0 Å². The smallest absolute Gasteiger partial charge is 0.246 e. The molecular weight excluding hydrogens is 345 g/mol. The Labute approximate surface area is 158 Å². The number of ether oxygens (including phenoxy) is 1. The molecule has 0 bridgehead atoms. The zero-order chi connectivity index (χ0) is 19.0. The number of halogens is 1. The first-order valence-corrected chi connectivity index (χ1v) is 9.31. The zero-order valence-electron chi connectivity index (χ0n) is 15.5. The van der Waals surface area contributed by atoms with Crippen molar-refractivity contribution in [3.8, 4) is 0 Å². The minimum atomic E-state index is -1.26. The van der Waals surface area contributed by atoms with E-state index in [1.165, 1.54) is 6.08 Å². The Morgan fingerprint density at radius 3 is 3.07 bits per heavy atom. The van der Waals surface area contributed by atoms with Gasteiger partial charge in [0.05, 0.1) is 18.8 Å². The van der Waals surface area contributed by atoms with Gasteiger partial charge in [-0.25, -0.2) is 4.39 Å². The lowest BCUT2D eigenvalue weighted by Crippen LogP contribution is -2.28. The third-order valence-electron chi connectivity index (χ3n) is 5.65. The summed E-state index contributed by atoms with van der Waals surface area (Å²) < 4.78 is 22.6. The third-order valence-corrected chi connectivity index (χ3v) is 5.65. The maximum atomic E-state index is 14.6. The molecule has 1 aromatic heterocycles. The summed E-state index contributed by atoms with van der Waals surface area (Å²) >= 11 is 0. The van der Waals surface area contributed by atoms with Gasteiger partial charge in [0.15, 0.2) is 0 Å². The molecule has 5 nitrogen and oxygen atoms in total. The summed E-state index contributed by atoms with van der Waals surface area (Å²) in [6.45, 7) is 6.61. The van der Waals surface area contributed by atoms with Crippen molar-refractivity contribution in [1.29, 1.82) is 0 Å². The molecule has 1 aromatic carbocycles. The van der Waals surface area contributed by atoms with Crippen molar-refractivity contribution in [2.45, 2.75) is 44.2 Å². The van der Waals surface area contributed by atoms with E-state index in [1.807, 2.05) is 35.1 Å². The van der Waals surface area contributed by atoms with E-state index in [2.05, 4.69) is 11.7 Å². The van der Waals surface area contributed by atoms with Crippen LogP contribution in [0.5, 0.6) is 0 Å². The quantitative estimate of drug-likeness (QED) is 0.761. The fourth-order valence-electron chi connectivity index (χ4n) is 4.08. The van der Waals surface area contributed by atoms with Gasteiger partial charge in [-0.15, -0.1) is 0 Å². The van der Waals surface area contributed by atoms with Crippen molar-refractivity contribution in [2.75, 3.05) is 13.1 Å². The highest BCUT2D eigenvalue weighted by molar-refractivity contribution is 5.87. The van der Waals surface area contributed by atoms with Crippen LogP contribution in [0.1, 0.15) is 36.1 Å². The number of hydrogen-bond donors (Lipinski definition) is 0. The molecule has 1 aliphatic carbocycles. The number of benzene rings is 1. The summed E-state index contributed by atoms with van der Waals surface area (Å²) in [7, 11) is 0. The van der Waals surface area contributed by atoms with Crippen LogP contribution in [0.15, 0.2) is 49.3 Å². The van der Waals surface area contributed by atoms with Gasteiger partial charge in [-0.05, 0) is 48.6 Å². The van der Waals surface area contributed by atoms with Crippen LogP contribution in [0.3, 0.4) is 0 Å². The van der Waals surface area contributed by atoms with Crippen molar-refractivity contribution in [2.24, 2.45) is 0 Å². The summed E-state index contributed by atoms with van der Waals surface area (Å²) in [6.07, 6.45) is 6.07. The standard InChI is InChI=1S/C21H24FN3O2/c1-3-20(26)24-12-18(25-10-4-9-23-25)19(13-24)27-14-15-5-6-16-7-8-21(2,22)17(16)11-15/h3-6,9-11,18-19H,1,7-8,12-14H2,2H3/t18-,19-,21?/m1/s1. The Kier molecular flexibility index (Phi) is 4.60. The van der Waals surface area contributed by atoms with E-state index < -0.39 is 5.67 Å². The molecule has 0 spiro atoms. The van der Waals surface area contributed by atoms with Crippen LogP contribution in [0.25, 0.3) is 0 Å². The van der Waals surface area contributed by atoms with Gasteiger partial charge < -0.3 is 9.64 Å². The Morgan fingerprint density at radius 1 is 1.48 bits per heavy atom. The largest absolute Gasteiger partial charge is 0.369 e.